The molecule has 0 saturated heterocycles. The van der Waals surface area contributed by atoms with Crippen molar-refractivity contribution in [2.75, 3.05) is 6.61 Å². The summed E-state index contributed by atoms with van der Waals surface area (Å²) in [7, 11) is -2.28. The topological polar surface area (TPSA) is 90.9 Å². The predicted molar refractivity (Wildman–Crippen MR) is 143 cm³/mol. The van der Waals surface area contributed by atoms with Crippen molar-refractivity contribution in [2.24, 2.45) is 11.8 Å². The fraction of sp³-hybridized carbons (Fsp3) is 0.679. The maximum Gasteiger partial charge on any atom is 0.408 e. The van der Waals surface area contributed by atoms with Gasteiger partial charge in [-0.25, -0.2) is 9.59 Å². The van der Waals surface area contributed by atoms with Gasteiger partial charge in [0.1, 0.15) is 11.6 Å². The summed E-state index contributed by atoms with van der Waals surface area (Å²) in [5.74, 6) is -1.84. The Morgan fingerprint density at radius 3 is 2.17 bits per heavy atom. The minimum absolute atomic E-state index is 0.0657. The third-order valence-electron chi connectivity index (χ3n) is 7.34. The van der Waals surface area contributed by atoms with Gasteiger partial charge in [0.15, 0.2) is 14.1 Å². The molecule has 1 unspecified atom stereocenters. The Morgan fingerprint density at radius 2 is 1.67 bits per heavy atom. The summed E-state index contributed by atoms with van der Waals surface area (Å²) < 4.78 is 17.7. The third kappa shape index (κ3) is 7.19. The molecule has 0 heterocycles. The number of ether oxygens (including phenoxy) is 2. The second-order valence-corrected chi connectivity index (χ2v) is 17.2. The number of esters is 1. The molecule has 1 aromatic carbocycles. The van der Waals surface area contributed by atoms with Crippen LogP contribution < -0.4 is 5.32 Å². The number of carbonyl (C=O) groups excluding carboxylic acids is 3. The summed E-state index contributed by atoms with van der Waals surface area (Å²) in [6.07, 6.45) is 0.387. The molecule has 2 rings (SSSR count). The van der Waals surface area contributed by atoms with Crippen molar-refractivity contribution in [1.29, 1.82) is 0 Å². The van der Waals surface area contributed by atoms with Crippen molar-refractivity contribution in [3.8, 4) is 0 Å². The number of ketones is 1. The van der Waals surface area contributed by atoms with E-state index in [1.807, 2.05) is 25.1 Å². The Bertz CT molecular complexity index is 934. The highest BCUT2D eigenvalue weighted by atomic mass is 28.4. The molecule has 36 heavy (non-hydrogen) atoms. The van der Waals surface area contributed by atoms with Crippen LogP contribution in [0.25, 0.3) is 0 Å². The number of benzene rings is 1. The highest BCUT2D eigenvalue weighted by Crippen LogP contribution is 2.50. The van der Waals surface area contributed by atoms with E-state index >= 15 is 0 Å². The van der Waals surface area contributed by atoms with Gasteiger partial charge in [-0.2, -0.15) is 0 Å². The summed E-state index contributed by atoms with van der Waals surface area (Å²) in [5.41, 5.74) is -0.988. The molecule has 1 N–H and O–H groups in total. The van der Waals surface area contributed by atoms with Gasteiger partial charge in [-0.15, -0.1) is 0 Å². The number of carbonyl (C=O) groups is 3. The van der Waals surface area contributed by atoms with Gasteiger partial charge in [0.05, 0.1) is 18.1 Å². The van der Waals surface area contributed by atoms with Crippen LogP contribution in [0.15, 0.2) is 30.3 Å². The van der Waals surface area contributed by atoms with E-state index in [9.17, 15) is 14.4 Å². The van der Waals surface area contributed by atoms with Crippen LogP contribution in [0.5, 0.6) is 0 Å². The SMILES string of the molecule is CCOC(=O)[C@@H](NC(=O)OC(C)(C)C)[C@H]1CC[C@@](C)(O[Si](C)(C)C(C)(C)C)C1C(=O)c1ccccc1. The van der Waals surface area contributed by atoms with Crippen LogP contribution in [0.1, 0.15) is 78.6 Å². The Hall–Kier alpha value is -2.19. The van der Waals surface area contributed by atoms with Gasteiger partial charge >= 0.3 is 12.1 Å². The van der Waals surface area contributed by atoms with E-state index in [0.29, 0.717) is 18.4 Å². The minimum Gasteiger partial charge on any atom is -0.464 e. The molecule has 202 valence electrons. The van der Waals surface area contributed by atoms with Crippen LogP contribution in [0.4, 0.5) is 4.79 Å². The lowest BCUT2D eigenvalue weighted by Crippen LogP contribution is -2.55. The molecule has 4 atom stereocenters. The van der Waals surface area contributed by atoms with Crippen molar-refractivity contribution in [1.82, 2.24) is 5.32 Å². The summed E-state index contributed by atoms with van der Waals surface area (Å²) in [5, 5.41) is 2.67. The zero-order chi connectivity index (χ0) is 27.5. The minimum atomic E-state index is -2.28. The molecule has 0 bridgehead atoms. The van der Waals surface area contributed by atoms with E-state index in [1.165, 1.54) is 0 Å². The lowest BCUT2D eigenvalue weighted by atomic mass is 9.78. The molecule has 1 aliphatic carbocycles. The van der Waals surface area contributed by atoms with E-state index in [0.717, 1.165) is 0 Å². The maximum absolute atomic E-state index is 14.0. The molecule has 0 aromatic heterocycles. The average Bonchev–Trinajstić information content (AvgIpc) is 3.05. The maximum atomic E-state index is 14.0. The largest absolute Gasteiger partial charge is 0.464 e. The van der Waals surface area contributed by atoms with Gasteiger partial charge in [0.25, 0.3) is 0 Å². The van der Waals surface area contributed by atoms with Crippen molar-refractivity contribution in [2.45, 2.75) is 104 Å². The first-order valence-corrected chi connectivity index (χ1v) is 15.8. The number of hydrogen-bond acceptors (Lipinski definition) is 6. The van der Waals surface area contributed by atoms with Gasteiger partial charge < -0.3 is 19.2 Å². The summed E-state index contributed by atoms with van der Waals surface area (Å²) >= 11 is 0. The Balaban J connectivity index is 2.55. The fourth-order valence-electron chi connectivity index (χ4n) is 4.70. The molecular formula is C28H45NO6Si. The number of hydrogen-bond donors (Lipinski definition) is 1. The highest BCUT2D eigenvalue weighted by molar-refractivity contribution is 6.74. The number of amides is 1. The van der Waals surface area contributed by atoms with Gasteiger partial charge in [0.2, 0.25) is 0 Å². The zero-order valence-corrected chi connectivity index (χ0v) is 24.7. The highest BCUT2D eigenvalue weighted by Gasteiger charge is 2.57. The Morgan fingerprint density at radius 1 is 1.08 bits per heavy atom. The Kier molecular flexibility index (Phi) is 9.22. The normalized spacial score (nSPS) is 23.6. The molecule has 1 aliphatic rings. The van der Waals surface area contributed by atoms with E-state index in [2.05, 4.69) is 39.2 Å². The summed E-state index contributed by atoms with van der Waals surface area (Å²) in [6.45, 7) is 19.9. The van der Waals surface area contributed by atoms with Crippen LogP contribution in [0.3, 0.4) is 0 Å². The van der Waals surface area contributed by atoms with E-state index in [4.69, 9.17) is 13.9 Å². The monoisotopic (exact) mass is 519 g/mol. The molecular weight excluding hydrogens is 474 g/mol. The lowest BCUT2D eigenvalue weighted by Gasteiger charge is -2.45. The molecule has 1 saturated carbocycles. The van der Waals surface area contributed by atoms with Gasteiger partial charge in [-0.3, -0.25) is 4.79 Å². The van der Waals surface area contributed by atoms with E-state index in [-0.39, 0.29) is 17.4 Å². The number of Topliss-reactive ketones (excluding diaryl/α,β-unsaturated/α-hetero) is 1. The molecule has 0 spiro atoms. The standard InChI is InChI=1S/C28H45NO6Si/c1-11-33-24(31)22(29-25(32)34-26(2,3)4)20-17-18-28(8,35-36(9,10)27(5,6)7)21(20)23(30)19-15-13-12-14-16-19/h12-16,20-22H,11,17-18H2,1-10H3,(H,29,32)/t20-,21?,22-,28+/m0/s1. The quantitative estimate of drug-likeness (QED) is 0.252. The van der Waals surface area contributed by atoms with Crippen LogP contribution in [0.2, 0.25) is 18.1 Å². The molecule has 0 radical (unpaired) electrons. The van der Waals surface area contributed by atoms with Crippen molar-refractivity contribution >= 4 is 26.2 Å². The molecule has 8 heteroatoms. The van der Waals surface area contributed by atoms with E-state index in [1.54, 1.807) is 39.8 Å². The van der Waals surface area contributed by atoms with Gasteiger partial charge in [-0.1, -0.05) is 51.1 Å². The molecule has 1 fully saturated rings. The number of alkyl carbamates (subject to hydrolysis) is 1. The van der Waals surface area contributed by atoms with E-state index < -0.39 is 49.5 Å². The first-order valence-electron chi connectivity index (χ1n) is 12.9. The predicted octanol–water partition coefficient (Wildman–Crippen LogP) is 6.13. The first-order chi connectivity index (χ1) is 16.4. The molecule has 1 amide bonds. The summed E-state index contributed by atoms with van der Waals surface area (Å²) in [4.78, 5) is 40.0. The fourth-order valence-corrected chi connectivity index (χ4v) is 6.40. The molecule has 1 aromatic rings. The van der Waals surface area contributed by atoms with Crippen LogP contribution in [0, 0.1) is 11.8 Å². The van der Waals surface area contributed by atoms with Crippen molar-refractivity contribution in [3.63, 3.8) is 0 Å². The average molecular weight is 520 g/mol. The molecule has 0 aliphatic heterocycles. The first kappa shape index (κ1) is 30.0. The zero-order valence-electron chi connectivity index (χ0n) is 23.7. The second-order valence-electron chi connectivity index (χ2n) is 12.5. The van der Waals surface area contributed by atoms with Crippen LogP contribution in [-0.2, 0) is 18.7 Å². The smallest absolute Gasteiger partial charge is 0.408 e. The number of rotatable bonds is 8. The van der Waals surface area contributed by atoms with Gasteiger partial charge in [0, 0.05) is 11.5 Å². The van der Waals surface area contributed by atoms with Crippen molar-refractivity contribution in [3.05, 3.63) is 35.9 Å². The lowest BCUT2D eigenvalue weighted by molar-refractivity contribution is -0.147. The molecule has 7 nitrogen and oxygen atoms in total. The Labute approximate surface area is 217 Å². The third-order valence-corrected chi connectivity index (χ3v) is 11.9. The van der Waals surface area contributed by atoms with Crippen LogP contribution in [-0.4, -0.2) is 50.0 Å². The summed E-state index contributed by atoms with van der Waals surface area (Å²) in [6, 6.07) is 8.04. The number of nitrogens with one attached hydrogen (secondary N) is 1. The second kappa shape index (κ2) is 11.0. The van der Waals surface area contributed by atoms with Crippen LogP contribution >= 0.6 is 0 Å². The van der Waals surface area contributed by atoms with Gasteiger partial charge in [-0.05, 0) is 65.6 Å². The van der Waals surface area contributed by atoms with Crippen molar-refractivity contribution < 1.29 is 28.3 Å².